The predicted octanol–water partition coefficient (Wildman–Crippen LogP) is 3.70. The van der Waals surface area contributed by atoms with Crippen LogP contribution in [0.2, 0.25) is 0 Å². The van der Waals surface area contributed by atoms with E-state index in [4.69, 9.17) is 9.47 Å². The van der Waals surface area contributed by atoms with E-state index in [0.717, 1.165) is 16.7 Å². The average Bonchev–Trinajstić information content (AvgIpc) is 2.72. The fourth-order valence-electron chi connectivity index (χ4n) is 2.73. The van der Waals surface area contributed by atoms with Crippen molar-refractivity contribution < 1.29 is 14.3 Å². The molecule has 26 heavy (non-hydrogen) atoms. The van der Waals surface area contributed by atoms with Gasteiger partial charge in [-0.15, -0.1) is 0 Å². The molecule has 0 atom stereocenters. The molecule has 0 aliphatic heterocycles. The van der Waals surface area contributed by atoms with Crippen molar-refractivity contribution >= 4 is 5.91 Å². The van der Waals surface area contributed by atoms with Gasteiger partial charge in [-0.2, -0.15) is 0 Å². The van der Waals surface area contributed by atoms with Crippen LogP contribution < -0.4 is 14.8 Å². The zero-order valence-electron chi connectivity index (χ0n) is 14.7. The Morgan fingerprint density at radius 2 is 1.62 bits per heavy atom. The van der Waals surface area contributed by atoms with Gasteiger partial charge in [-0.25, -0.2) is 0 Å². The van der Waals surface area contributed by atoms with E-state index in [-0.39, 0.29) is 5.91 Å². The van der Waals surface area contributed by atoms with Gasteiger partial charge < -0.3 is 14.8 Å². The van der Waals surface area contributed by atoms with Gasteiger partial charge >= 0.3 is 0 Å². The number of carbonyl (C=O) groups is 1. The Hall–Kier alpha value is -3.34. The molecule has 1 heterocycles. The topological polar surface area (TPSA) is 60.5 Å². The molecule has 2 aromatic carbocycles. The molecule has 0 fully saturated rings. The maximum atomic E-state index is 12.4. The van der Waals surface area contributed by atoms with Crippen LogP contribution in [0.15, 0.2) is 67.0 Å². The largest absolute Gasteiger partial charge is 0.493 e. The lowest BCUT2D eigenvalue weighted by molar-refractivity contribution is 0.0950. The Bertz CT molecular complexity index is 878. The molecular formula is C21H20N2O3. The van der Waals surface area contributed by atoms with Gasteiger partial charge in [-0.3, -0.25) is 9.78 Å². The van der Waals surface area contributed by atoms with E-state index >= 15 is 0 Å². The minimum Gasteiger partial charge on any atom is -0.493 e. The van der Waals surface area contributed by atoms with Crippen LogP contribution in [0, 0.1) is 0 Å². The molecule has 5 nitrogen and oxygen atoms in total. The molecule has 0 saturated heterocycles. The fourth-order valence-corrected chi connectivity index (χ4v) is 2.73. The number of benzene rings is 2. The Morgan fingerprint density at radius 1 is 0.923 bits per heavy atom. The van der Waals surface area contributed by atoms with Crippen molar-refractivity contribution in [2.75, 3.05) is 14.2 Å². The molecule has 5 heteroatoms. The summed E-state index contributed by atoms with van der Waals surface area (Å²) in [7, 11) is 3.17. The molecule has 3 rings (SSSR count). The van der Waals surface area contributed by atoms with Crippen LogP contribution in [0.5, 0.6) is 11.5 Å². The Kier molecular flexibility index (Phi) is 5.49. The highest BCUT2D eigenvalue weighted by molar-refractivity contribution is 5.94. The van der Waals surface area contributed by atoms with Gasteiger partial charge in [0.05, 0.1) is 14.2 Å². The van der Waals surface area contributed by atoms with E-state index in [1.165, 1.54) is 0 Å². The standard InChI is InChI=1S/C21H20N2O3/c1-25-19-5-3-4-18(20(19)26-2)14-23-21(24)17-8-6-15(7-9-17)16-10-12-22-13-11-16/h3-13H,14H2,1-2H3,(H,23,24). The minimum atomic E-state index is -0.142. The van der Waals surface area contributed by atoms with Crippen LogP contribution in [-0.4, -0.2) is 25.1 Å². The molecule has 3 aromatic rings. The van der Waals surface area contributed by atoms with E-state index in [9.17, 15) is 4.79 Å². The molecule has 0 spiro atoms. The SMILES string of the molecule is COc1cccc(CNC(=O)c2ccc(-c3ccncc3)cc2)c1OC. The summed E-state index contributed by atoms with van der Waals surface area (Å²) >= 11 is 0. The number of pyridine rings is 1. The van der Waals surface area contributed by atoms with Crippen molar-refractivity contribution in [1.29, 1.82) is 0 Å². The number of ether oxygens (including phenoxy) is 2. The molecule has 1 aromatic heterocycles. The fraction of sp³-hybridized carbons (Fsp3) is 0.143. The van der Waals surface area contributed by atoms with Crippen LogP contribution in [-0.2, 0) is 6.54 Å². The smallest absolute Gasteiger partial charge is 0.251 e. The summed E-state index contributed by atoms with van der Waals surface area (Å²) in [6, 6.07) is 16.9. The van der Waals surface area contributed by atoms with Gasteiger partial charge in [-0.1, -0.05) is 24.3 Å². The van der Waals surface area contributed by atoms with Gasteiger partial charge in [-0.05, 0) is 41.5 Å². The predicted molar refractivity (Wildman–Crippen MR) is 100 cm³/mol. The summed E-state index contributed by atoms with van der Waals surface area (Å²) in [6.07, 6.45) is 3.49. The van der Waals surface area contributed by atoms with Crippen molar-refractivity contribution in [3.8, 4) is 22.6 Å². The molecule has 0 unspecified atom stereocenters. The summed E-state index contributed by atoms with van der Waals surface area (Å²) in [4.78, 5) is 16.4. The van der Waals surface area contributed by atoms with Crippen molar-refractivity contribution in [2.24, 2.45) is 0 Å². The molecule has 0 bridgehead atoms. The molecule has 0 aliphatic carbocycles. The van der Waals surface area contributed by atoms with Gasteiger partial charge in [0.15, 0.2) is 11.5 Å². The van der Waals surface area contributed by atoms with Crippen molar-refractivity contribution in [2.45, 2.75) is 6.54 Å². The zero-order valence-corrected chi connectivity index (χ0v) is 14.7. The first kappa shape index (κ1) is 17.5. The van der Waals surface area contributed by atoms with E-state index in [1.54, 1.807) is 26.6 Å². The van der Waals surface area contributed by atoms with E-state index in [0.29, 0.717) is 23.6 Å². The Balaban J connectivity index is 1.69. The lowest BCUT2D eigenvalue weighted by Crippen LogP contribution is -2.23. The zero-order chi connectivity index (χ0) is 18.4. The summed E-state index contributed by atoms with van der Waals surface area (Å²) < 4.78 is 10.7. The van der Waals surface area contributed by atoms with Crippen molar-refractivity contribution in [3.05, 3.63) is 78.1 Å². The highest BCUT2D eigenvalue weighted by atomic mass is 16.5. The monoisotopic (exact) mass is 348 g/mol. The van der Waals surface area contributed by atoms with E-state index in [1.807, 2.05) is 54.6 Å². The lowest BCUT2D eigenvalue weighted by atomic mass is 10.0. The molecule has 0 radical (unpaired) electrons. The first-order valence-electron chi connectivity index (χ1n) is 8.21. The number of hydrogen-bond donors (Lipinski definition) is 1. The summed E-state index contributed by atoms with van der Waals surface area (Å²) in [6.45, 7) is 0.352. The second-order valence-corrected chi connectivity index (χ2v) is 5.65. The highest BCUT2D eigenvalue weighted by Gasteiger charge is 2.11. The third kappa shape index (κ3) is 3.83. The number of carbonyl (C=O) groups excluding carboxylic acids is 1. The molecule has 0 aliphatic rings. The Labute approximate surface area is 152 Å². The van der Waals surface area contributed by atoms with Gasteiger partial charge in [0.1, 0.15) is 0 Å². The molecule has 1 N–H and O–H groups in total. The third-order valence-corrected chi connectivity index (χ3v) is 4.08. The van der Waals surface area contributed by atoms with Crippen LogP contribution in [0.25, 0.3) is 11.1 Å². The number of rotatable bonds is 6. The first-order chi connectivity index (χ1) is 12.7. The molecule has 132 valence electrons. The summed E-state index contributed by atoms with van der Waals surface area (Å²) in [5, 5.41) is 2.92. The second-order valence-electron chi connectivity index (χ2n) is 5.65. The summed E-state index contributed by atoms with van der Waals surface area (Å²) in [5.74, 6) is 1.13. The van der Waals surface area contributed by atoms with Gasteiger partial charge in [0.25, 0.3) is 5.91 Å². The number of hydrogen-bond acceptors (Lipinski definition) is 4. The number of nitrogens with one attached hydrogen (secondary N) is 1. The number of amides is 1. The lowest BCUT2D eigenvalue weighted by Gasteiger charge is -2.13. The molecular weight excluding hydrogens is 328 g/mol. The van der Waals surface area contributed by atoms with Crippen molar-refractivity contribution in [1.82, 2.24) is 10.3 Å². The van der Waals surface area contributed by atoms with Crippen LogP contribution in [0.1, 0.15) is 15.9 Å². The number of para-hydroxylation sites is 1. The maximum Gasteiger partial charge on any atom is 0.251 e. The minimum absolute atomic E-state index is 0.142. The second kappa shape index (κ2) is 8.16. The molecule has 0 saturated carbocycles. The number of aromatic nitrogens is 1. The van der Waals surface area contributed by atoms with E-state index < -0.39 is 0 Å². The van der Waals surface area contributed by atoms with Crippen molar-refractivity contribution in [3.63, 3.8) is 0 Å². The van der Waals surface area contributed by atoms with Crippen LogP contribution in [0.3, 0.4) is 0 Å². The highest BCUT2D eigenvalue weighted by Crippen LogP contribution is 2.30. The number of methoxy groups -OCH3 is 2. The van der Waals surface area contributed by atoms with Gasteiger partial charge in [0, 0.05) is 30.1 Å². The van der Waals surface area contributed by atoms with E-state index in [2.05, 4.69) is 10.3 Å². The Morgan fingerprint density at radius 3 is 2.27 bits per heavy atom. The molecule has 1 amide bonds. The normalized spacial score (nSPS) is 10.2. The average molecular weight is 348 g/mol. The third-order valence-electron chi connectivity index (χ3n) is 4.08. The first-order valence-corrected chi connectivity index (χ1v) is 8.21. The maximum absolute atomic E-state index is 12.4. The summed E-state index contributed by atoms with van der Waals surface area (Å²) in [5.41, 5.74) is 3.56. The van der Waals surface area contributed by atoms with Gasteiger partial charge in [0.2, 0.25) is 0 Å². The van der Waals surface area contributed by atoms with Crippen LogP contribution in [0.4, 0.5) is 0 Å². The quantitative estimate of drug-likeness (QED) is 0.738. The van der Waals surface area contributed by atoms with Crippen LogP contribution >= 0.6 is 0 Å². The number of nitrogens with zero attached hydrogens (tertiary/aromatic N) is 1.